The van der Waals surface area contributed by atoms with E-state index in [4.69, 9.17) is 9.47 Å². The lowest BCUT2D eigenvalue weighted by Crippen LogP contribution is -2.47. The van der Waals surface area contributed by atoms with Gasteiger partial charge in [0.15, 0.2) is 0 Å². The zero-order valence-corrected chi connectivity index (χ0v) is 21.5. The van der Waals surface area contributed by atoms with Gasteiger partial charge in [0.25, 0.3) is 0 Å². The standard InChI is InChI=1S/C14H24N2O5.C4H10.C3H8.C2H6/c1-9-6-7-16(11(9)12(18)20-5)10(17)8-15-13(19)21-14(2,3)4;1-4(2)3;1-3-2;1-2/h9,11H,6-8H2,1-5H3,(H,15,19);4H,1-3H3;3H2,1-2H3;1-2H3. The van der Waals surface area contributed by atoms with Crippen LogP contribution in [0.25, 0.3) is 0 Å². The summed E-state index contributed by atoms with van der Waals surface area (Å²) < 4.78 is 9.79. The number of alkyl carbamates (subject to hydrolysis) is 1. The van der Waals surface area contributed by atoms with Crippen LogP contribution >= 0.6 is 0 Å². The van der Waals surface area contributed by atoms with Gasteiger partial charge in [-0.2, -0.15) is 0 Å². The highest BCUT2D eigenvalue weighted by atomic mass is 16.6. The minimum Gasteiger partial charge on any atom is -0.467 e. The minimum atomic E-state index is -0.655. The molecule has 0 radical (unpaired) electrons. The van der Waals surface area contributed by atoms with E-state index < -0.39 is 23.7 Å². The zero-order valence-electron chi connectivity index (χ0n) is 21.5. The molecule has 1 aliphatic rings. The lowest BCUT2D eigenvalue weighted by molar-refractivity contribution is -0.151. The van der Waals surface area contributed by atoms with Crippen LogP contribution in [0.3, 0.4) is 0 Å². The van der Waals surface area contributed by atoms with Gasteiger partial charge < -0.3 is 19.7 Å². The first-order chi connectivity index (χ1) is 13.8. The average Bonchev–Trinajstić information content (AvgIpc) is 3.01. The largest absolute Gasteiger partial charge is 0.467 e. The molecule has 180 valence electrons. The number of ether oxygens (including phenoxy) is 2. The SMILES string of the molecule is CC.CC(C)C.CCC.COC(=O)C1C(C)CCN1C(=O)CNC(=O)OC(C)(C)C. The molecular weight excluding hydrogens is 384 g/mol. The second kappa shape index (κ2) is 18.0. The fraction of sp³-hybridized carbons (Fsp3) is 0.870. The summed E-state index contributed by atoms with van der Waals surface area (Å²) >= 11 is 0. The number of likely N-dealkylation sites (tertiary alicyclic amines) is 1. The number of nitrogens with one attached hydrogen (secondary N) is 1. The molecule has 7 heteroatoms. The van der Waals surface area contributed by atoms with Gasteiger partial charge >= 0.3 is 12.1 Å². The van der Waals surface area contributed by atoms with Crippen LogP contribution in [0.2, 0.25) is 0 Å². The molecule has 2 amide bonds. The van der Waals surface area contributed by atoms with Gasteiger partial charge in [-0.1, -0.05) is 61.8 Å². The minimum absolute atomic E-state index is 0.0444. The summed E-state index contributed by atoms with van der Waals surface area (Å²) in [4.78, 5) is 36.8. The number of carbonyl (C=O) groups is 3. The third-order valence-electron chi connectivity index (χ3n) is 3.25. The second-order valence-electron chi connectivity index (χ2n) is 8.62. The van der Waals surface area contributed by atoms with Crippen LogP contribution in [0.15, 0.2) is 0 Å². The van der Waals surface area contributed by atoms with Crippen LogP contribution in [0.4, 0.5) is 4.79 Å². The number of esters is 1. The van der Waals surface area contributed by atoms with Gasteiger partial charge in [0.2, 0.25) is 5.91 Å². The molecule has 2 atom stereocenters. The van der Waals surface area contributed by atoms with Gasteiger partial charge in [-0.25, -0.2) is 9.59 Å². The van der Waals surface area contributed by atoms with Crippen LogP contribution in [0.5, 0.6) is 0 Å². The van der Waals surface area contributed by atoms with E-state index in [2.05, 4.69) is 39.9 Å². The van der Waals surface area contributed by atoms with E-state index >= 15 is 0 Å². The van der Waals surface area contributed by atoms with E-state index in [0.717, 1.165) is 12.3 Å². The van der Waals surface area contributed by atoms with E-state index in [1.54, 1.807) is 20.8 Å². The maximum Gasteiger partial charge on any atom is 0.408 e. The molecule has 7 nitrogen and oxygen atoms in total. The number of rotatable bonds is 3. The van der Waals surface area contributed by atoms with Crippen molar-refractivity contribution in [2.45, 2.75) is 101 Å². The molecule has 0 bridgehead atoms. The fourth-order valence-electron chi connectivity index (χ4n) is 2.27. The number of hydrogen-bond acceptors (Lipinski definition) is 5. The van der Waals surface area contributed by atoms with Crippen molar-refractivity contribution in [2.75, 3.05) is 20.2 Å². The zero-order chi connectivity index (χ0) is 24.5. The van der Waals surface area contributed by atoms with Gasteiger partial charge in [-0.3, -0.25) is 4.79 Å². The first-order valence-corrected chi connectivity index (χ1v) is 11.1. The van der Waals surface area contributed by atoms with Crippen molar-refractivity contribution in [2.24, 2.45) is 11.8 Å². The summed E-state index contributed by atoms with van der Waals surface area (Å²) in [6.45, 7) is 22.2. The Bertz CT molecular complexity index is 470. The monoisotopic (exact) mass is 432 g/mol. The second-order valence-corrected chi connectivity index (χ2v) is 8.62. The first kappa shape index (κ1) is 32.9. The summed E-state index contributed by atoms with van der Waals surface area (Å²) in [5.74, 6) is 0.133. The Labute approximate surface area is 185 Å². The Kier molecular flexibility index (Phi) is 19.7. The lowest BCUT2D eigenvalue weighted by Gasteiger charge is -2.25. The molecule has 2 unspecified atom stereocenters. The number of carbonyl (C=O) groups excluding carboxylic acids is 3. The van der Waals surface area contributed by atoms with E-state index in [-0.39, 0.29) is 18.4 Å². The van der Waals surface area contributed by atoms with E-state index in [9.17, 15) is 14.4 Å². The van der Waals surface area contributed by atoms with Gasteiger partial charge in [-0.05, 0) is 39.0 Å². The Morgan fingerprint density at radius 2 is 1.53 bits per heavy atom. The highest BCUT2D eigenvalue weighted by Crippen LogP contribution is 2.24. The number of nitrogens with zero attached hydrogens (tertiary/aromatic N) is 1. The smallest absolute Gasteiger partial charge is 0.408 e. The summed E-state index contributed by atoms with van der Waals surface area (Å²) in [5.41, 5.74) is -0.621. The van der Waals surface area contributed by atoms with Crippen LogP contribution in [-0.4, -0.2) is 54.7 Å². The van der Waals surface area contributed by atoms with E-state index in [1.807, 2.05) is 20.8 Å². The normalized spacial score (nSPS) is 17.3. The summed E-state index contributed by atoms with van der Waals surface area (Å²) in [7, 11) is 1.30. The molecule has 0 aromatic heterocycles. The molecule has 30 heavy (non-hydrogen) atoms. The van der Waals surface area contributed by atoms with Crippen molar-refractivity contribution < 1.29 is 23.9 Å². The molecule has 0 saturated carbocycles. The molecule has 1 N–H and O–H groups in total. The average molecular weight is 433 g/mol. The fourth-order valence-corrected chi connectivity index (χ4v) is 2.27. The molecule has 0 aliphatic carbocycles. The van der Waals surface area contributed by atoms with Gasteiger partial charge in [0, 0.05) is 6.54 Å². The summed E-state index contributed by atoms with van der Waals surface area (Å²) in [5, 5.41) is 2.40. The molecule has 0 aromatic rings. The van der Waals surface area contributed by atoms with Gasteiger partial charge in [0.1, 0.15) is 18.2 Å². The molecule has 1 saturated heterocycles. The van der Waals surface area contributed by atoms with Crippen LogP contribution in [0.1, 0.15) is 89.0 Å². The van der Waals surface area contributed by atoms with Crippen molar-refractivity contribution in [3.05, 3.63) is 0 Å². The van der Waals surface area contributed by atoms with Gasteiger partial charge in [0.05, 0.1) is 7.11 Å². The molecular formula is C23H48N2O5. The van der Waals surface area contributed by atoms with Crippen molar-refractivity contribution >= 4 is 18.0 Å². The molecule has 1 heterocycles. The van der Waals surface area contributed by atoms with Gasteiger partial charge in [-0.15, -0.1) is 0 Å². The highest BCUT2D eigenvalue weighted by Gasteiger charge is 2.40. The Hall–Kier alpha value is -1.79. The van der Waals surface area contributed by atoms with Crippen LogP contribution in [-0.2, 0) is 19.1 Å². The van der Waals surface area contributed by atoms with Crippen molar-refractivity contribution in [1.82, 2.24) is 10.2 Å². The molecule has 0 aromatic carbocycles. The highest BCUT2D eigenvalue weighted by molar-refractivity contribution is 5.88. The number of hydrogen-bond donors (Lipinski definition) is 1. The topological polar surface area (TPSA) is 84.9 Å². The summed E-state index contributed by atoms with van der Waals surface area (Å²) in [6, 6.07) is -0.581. The Morgan fingerprint density at radius 1 is 1.10 bits per heavy atom. The quantitative estimate of drug-likeness (QED) is 0.633. The third-order valence-corrected chi connectivity index (χ3v) is 3.25. The Balaban J connectivity index is -0.000000691. The molecule has 0 spiro atoms. The first-order valence-electron chi connectivity index (χ1n) is 11.1. The van der Waals surface area contributed by atoms with Crippen molar-refractivity contribution in [3.8, 4) is 0 Å². The number of amides is 2. The van der Waals surface area contributed by atoms with Crippen molar-refractivity contribution in [1.29, 1.82) is 0 Å². The van der Waals surface area contributed by atoms with Crippen molar-refractivity contribution in [3.63, 3.8) is 0 Å². The molecule has 1 fully saturated rings. The van der Waals surface area contributed by atoms with E-state index in [0.29, 0.717) is 6.54 Å². The van der Waals surface area contributed by atoms with Crippen LogP contribution < -0.4 is 5.32 Å². The lowest BCUT2D eigenvalue weighted by atomic mass is 10.0. The maximum atomic E-state index is 12.1. The third kappa shape index (κ3) is 17.1. The maximum absolute atomic E-state index is 12.1. The van der Waals surface area contributed by atoms with E-state index in [1.165, 1.54) is 18.4 Å². The Morgan fingerprint density at radius 3 is 1.90 bits per heavy atom. The summed E-state index contributed by atoms with van der Waals surface area (Å²) in [6.07, 6.45) is 1.33. The predicted octanol–water partition coefficient (Wildman–Crippen LogP) is 5.03. The molecule has 1 aliphatic heterocycles. The number of methoxy groups -OCH3 is 1. The van der Waals surface area contributed by atoms with Crippen LogP contribution in [0, 0.1) is 11.8 Å². The molecule has 1 rings (SSSR count). The predicted molar refractivity (Wildman–Crippen MR) is 123 cm³/mol.